The van der Waals surface area contributed by atoms with E-state index >= 15 is 0 Å². The molecule has 1 aliphatic heterocycles. The normalized spacial score (nSPS) is 19.8. The summed E-state index contributed by atoms with van der Waals surface area (Å²) >= 11 is 0. The fourth-order valence-electron chi connectivity index (χ4n) is 2.03. The lowest BCUT2D eigenvalue weighted by atomic mass is 10.2. The van der Waals surface area contributed by atoms with E-state index in [1.807, 2.05) is 6.92 Å². The summed E-state index contributed by atoms with van der Waals surface area (Å²) in [6.45, 7) is 9.58. The van der Waals surface area contributed by atoms with Gasteiger partial charge in [0, 0.05) is 19.6 Å². The lowest BCUT2D eigenvalue weighted by Crippen LogP contribution is -2.42. The number of guanidine groups is 1. The van der Waals surface area contributed by atoms with Gasteiger partial charge in [0.05, 0.1) is 0 Å². The highest BCUT2D eigenvalue weighted by molar-refractivity contribution is 5.79. The zero-order valence-corrected chi connectivity index (χ0v) is 10.5. The van der Waals surface area contributed by atoms with E-state index in [0.29, 0.717) is 11.9 Å². The Bertz CT molecular complexity index is 210. The van der Waals surface area contributed by atoms with E-state index in [4.69, 9.17) is 5.84 Å². The first kappa shape index (κ1) is 13.3. The van der Waals surface area contributed by atoms with Crippen LogP contribution < -0.4 is 16.6 Å². The molecule has 1 atom stereocenters. The van der Waals surface area contributed by atoms with Crippen molar-refractivity contribution < 1.29 is 0 Å². The summed E-state index contributed by atoms with van der Waals surface area (Å²) < 4.78 is 0. The highest BCUT2D eigenvalue weighted by atomic mass is 15.3. The molecular weight excluding hydrogens is 202 g/mol. The van der Waals surface area contributed by atoms with Gasteiger partial charge in [0.2, 0.25) is 5.96 Å². The van der Waals surface area contributed by atoms with Crippen molar-refractivity contribution in [2.24, 2.45) is 16.8 Å². The lowest BCUT2D eigenvalue weighted by molar-refractivity contribution is 0.291. The van der Waals surface area contributed by atoms with Crippen molar-refractivity contribution in [1.29, 1.82) is 0 Å². The number of nitrogens with zero attached hydrogens (tertiary/aromatic N) is 2. The molecule has 1 unspecified atom stereocenters. The number of hydrogen-bond donors (Lipinski definition) is 3. The number of hydrazine groups is 1. The lowest BCUT2D eigenvalue weighted by Gasteiger charge is -2.19. The Kier molecular flexibility index (Phi) is 6.18. The molecule has 1 aliphatic rings. The first-order valence-corrected chi connectivity index (χ1v) is 6.23. The highest BCUT2D eigenvalue weighted by Crippen LogP contribution is 2.10. The largest absolute Gasteiger partial charge is 0.356 e. The standard InChI is InChI=1S/C11H25N5/c1-3-13-11(15-12)14-8-10(2)9-16-6-4-5-7-16/h10H,3-9,12H2,1-2H3,(H2,13,14,15). The van der Waals surface area contributed by atoms with E-state index in [2.05, 4.69) is 27.6 Å². The van der Waals surface area contributed by atoms with Crippen molar-refractivity contribution in [2.75, 3.05) is 32.7 Å². The van der Waals surface area contributed by atoms with E-state index in [0.717, 1.165) is 19.6 Å². The Morgan fingerprint density at radius 2 is 2.12 bits per heavy atom. The molecule has 5 heteroatoms. The monoisotopic (exact) mass is 227 g/mol. The number of aliphatic imine (C=N–C) groups is 1. The summed E-state index contributed by atoms with van der Waals surface area (Å²) in [5.74, 6) is 6.63. The third-order valence-electron chi connectivity index (χ3n) is 2.81. The van der Waals surface area contributed by atoms with Crippen LogP contribution in [0.15, 0.2) is 4.99 Å². The van der Waals surface area contributed by atoms with Crippen molar-refractivity contribution in [3.8, 4) is 0 Å². The Hall–Kier alpha value is -0.810. The van der Waals surface area contributed by atoms with Gasteiger partial charge in [-0.2, -0.15) is 0 Å². The zero-order valence-electron chi connectivity index (χ0n) is 10.5. The Balaban J connectivity index is 2.23. The van der Waals surface area contributed by atoms with E-state index < -0.39 is 0 Å². The molecule has 16 heavy (non-hydrogen) atoms. The van der Waals surface area contributed by atoms with E-state index in [-0.39, 0.29) is 0 Å². The SMILES string of the molecule is CCNC(=NCC(C)CN1CCCC1)NN. The molecule has 1 saturated heterocycles. The fourth-order valence-corrected chi connectivity index (χ4v) is 2.03. The van der Waals surface area contributed by atoms with E-state index in [1.165, 1.54) is 25.9 Å². The summed E-state index contributed by atoms with van der Waals surface area (Å²) in [6.07, 6.45) is 2.70. The molecule has 5 nitrogen and oxygen atoms in total. The third kappa shape index (κ3) is 4.81. The molecular formula is C11H25N5. The summed E-state index contributed by atoms with van der Waals surface area (Å²) in [4.78, 5) is 6.93. The summed E-state index contributed by atoms with van der Waals surface area (Å²) in [5, 5.41) is 3.08. The van der Waals surface area contributed by atoms with Crippen LogP contribution in [-0.4, -0.2) is 43.6 Å². The molecule has 1 rings (SSSR count). The first-order valence-electron chi connectivity index (χ1n) is 6.23. The predicted molar refractivity (Wildman–Crippen MR) is 68.1 cm³/mol. The molecule has 0 aromatic carbocycles. The van der Waals surface area contributed by atoms with Gasteiger partial charge in [-0.15, -0.1) is 0 Å². The van der Waals surface area contributed by atoms with E-state index in [1.54, 1.807) is 0 Å². The molecule has 0 aromatic rings. The van der Waals surface area contributed by atoms with Crippen molar-refractivity contribution in [3.05, 3.63) is 0 Å². The number of hydrogen-bond acceptors (Lipinski definition) is 3. The van der Waals surface area contributed by atoms with Crippen LogP contribution in [0.2, 0.25) is 0 Å². The predicted octanol–water partition coefficient (Wildman–Crippen LogP) is 0.147. The van der Waals surface area contributed by atoms with Crippen LogP contribution in [0.1, 0.15) is 26.7 Å². The van der Waals surface area contributed by atoms with Crippen LogP contribution >= 0.6 is 0 Å². The van der Waals surface area contributed by atoms with Crippen molar-refractivity contribution in [1.82, 2.24) is 15.6 Å². The number of nitrogens with one attached hydrogen (secondary N) is 2. The second-order valence-electron chi connectivity index (χ2n) is 4.48. The number of nitrogens with two attached hydrogens (primary N) is 1. The minimum atomic E-state index is 0.583. The third-order valence-corrected chi connectivity index (χ3v) is 2.81. The molecule has 1 heterocycles. The van der Waals surface area contributed by atoms with Crippen LogP contribution in [0.5, 0.6) is 0 Å². The topological polar surface area (TPSA) is 65.7 Å². The average Bonchev–Trinajstić information content (AvgIpc) is 2.76. The van der Waals surface area contributed by atoms with Gasteiger partial charge in [-0.1, -0.05) is 6.92 Å². The first-order chi connectivity index (χ1) is 7.76. The molecule has 0 saturated carbocycles. The van der Waals surface area contributed by atoms with Gasteiger partial charge in [-0.05, 0) is 38.8 Å². The smallest absolute Gasteiger partial charge is 0.205 e. The van der Waals surface area contributed by atoms with Crippen LogP contribution in [0, 0.1) is 5.92 Å². The van der Waals surface area contributed by atoms with E-state index in [9.17, 15) is 0 Å². The van der Waals surface area contributed by atoms with Crippen molar-refractivity contribution in [2.45, 2.75) is 26.7 Å². The van der Waals surface area contributed by atoms with Crippen LogP contribution in [0.25, 0.3) is 0 Å². The fraction of sp³-hybridized carbons (Fsp3) is 0.909. The zero-order chi connectivity index (χ0) is 11.8. The Labute approximate surface area is 98.4 Å². The minimum absolute atomic E-state index is 0.583. The maximum atomic E-state index is 5.35. The van der Waals surface area contributed by atoms with Crippen molar-refractivity contribution in [3.63, 3.8) is 0 Å². The van der Waals surface area contributed by atoms with Gasteiger partial charge < -0.3 is 10.2 Å². The highest BCUT2D eigenvalue weighted by Gasteiger charge is 2.14. The molecule has 0 aliphatic carbocycles. The number of likely N-dealkylation sites (tertiary alicyclic amines) is 1. The Morgan fingerprint density at radius 1 is 1.44 bits per heavy atom. The molecule has 0 bridgehead atoms. The van der Waals surface area contributed by atoms with Gasteiger partial charge in [-0.3, -0.25) is 10.4 Å². The molecule has 0 amide bonds. The van der Waals surface area contributed by atoms with Gasteiger partial charge >= 0.3 is 0 Å². The maximum Gasteiger partial charge on any atom is 0.205 e. The summed E-state index contributed by atoms with van der Waals surface area (Å²) in [6, 6.07) is 0. The summed E-state index contributed by atoms with van der Waals surface area (Å²) in [7, 11) is 0. The van der Waals surface area contributed by atoms with Gasteiger partial charge in [0.1, 0.15) is 0 Å². The molecule has 0 radical (unpaired) electrons. The average molecular weight is 227 g/mol. The minimum Gasteiger partial charge on any atom is -0.356 e. The maximum absolute atomic E-state index is 5.35. The number of rotatable bonds is 5. The second-order valence-corrected chi connectivity index (χ2v) is 4.48. The van der Waals surface area contributed by atoms with Gasteiger partial charge in [-0.25, -0.2) is 5.84 Å². The van der Waals surface area contributed by atoms with Crippen molar-refractivity contribution >= 4 is 5.96 Å². The molecule has 0 aromatic heterocycles. The molecule has 0 spiro atoms. The van der Waals surface area contributed by atoms with Gasteiger partial charge in [0.25, 0.3) is 0 Å². The molecule has 1 fully saturated rings. The van der Waals surface area contributed by atoms with Crippen LogP contribution in [0.4, 0.5) is 0 Å². The molecule has 4 N–H and O–H groups in total. The molecule has 94 valence electrons. The van der Waals surface area contributed by atoms with Gasteiger partial charge in [0.15, 0.2) is 0 Å². The quantitative estimate of drug-likeness (QED) is 0.271. The summed E-state index contributed by atoms with van der Waals surface area (Å²) in [5.41, 5.74) is 2.58. The Morgan fingerprint density at radius 3 is 2.69 bits per heavy atom. The van der Waals surface area contributed by atoms with Crippen LogP contribution in [0.3, 0.4) is 0 Å². The van der Waals surface area contributed by atoms with Crippen LogP contribution in [-0.2, 0) is 0 Å². The second kappa shape index (κ2) is 7.46.